The summed E-state index contributed by atoms with van der Waals surface area (Å²) in [4.78, 5) is 8.67. The maximum absolute atomic E-state index is 5.98. The van der Waals surface area contributed by atoms with E-state index < -0.39 is 0 Å². The minimum atomic E-state index is 0.318. The van der Waals surface area contributed by atoms with Crippen LogP contribution >= 0.6 is 11.6 Å². The van der Waals surface area contributed by atoms with Gasteiger partial charge in [0, 0.05) is 18.7 Å². The van der Waals surface area contributed by atoms with Crippen molar-refractivity contribution in [2.24, 2.45) is 0 Å². The van der Waals surface area contributed by atoms with Crippen LogP contribution in [0.2, 0.25) is 5.28 Å². The smallest absolute Gasteiger partial charge is 0.224 e. The van der Waals surface area contributed by atoms with Gasteiger partial charge in [0.2, 0.25) is 5.28 Å². The molecule has 0 amide bonds. The molecular weight excluding hydrogens is 250 g/mol. The lowest BCUT2D eigenvalue weighted by molar-refractivity contribution is 0.120. The third kappa shape index (κ3) is 2.59. The molecule has 1 aliphatic heterocycles. The third-order valence-corrected chi connectivity index (χ3v) is 3.85. The van der Waals surface area contributed by atoms with E-state index in [1.165, 1.54) is 18.4 Å². The number of halogens is 1. The van der Waals surface area contributed by atoms with Crippen molar-refractivity contribution >= 4 is 17.4 Å². The first-order chi connectivity index (χ1) is 8.83. The topological polar surface area (TPSA) is 47.0 Å². The van der Waals surface area contributed by atoms with Crippen LogP contribution in [0.3, 0.4) is 0 Å². The number of aromatic nitrogens is 2. The largest absolute Gasteiger partial charge is 0.376 e. The Balaban J connectivity index is 1.75. The zero-order chi connectivity index (χ0) is 12.4. The Morgan fingerprint density at radius 1 is 1.22 bits per heavy atom. The van der Waals surface area contributed by atoms with Gasteiger partial charge < -0.3 is 10.1 Å². The van der Waals surface area contributed by atoms with Crippen molar-refractivity contribution in [2.75, 3.05) is 18.5 Å². The van der Waals surface area contributed by atoms with Crippen LogP contribution in [0.1, 0.15) is 36.9 Å². The van der Waals surface area contributed by atoms with Gasteiger partial charge in [0.1, 0.15) is 5.82 Å². The predicted octanol–water partition coefficient (Wildman–Crippen LogP) is 2.60. The normalized spacial score (nSPS) is 22.8. The summed E-state index contributed by atoms with van der Waals surface area (Å²) in [5, 5.41) is 3.75. The molecule has 2 heterocycles. The van der Waals surface area contributed by atoms with Crippen LogP contribution in [0.5, 0.6) is 0 Å². The summed E-state index contributed by atoms with van der Waals surface area (Å²) in [6.45, 7) is 1.70. The van der Waals surface area contributed by atoms with Crippen molar-refractivity contribution < 1.29 is 4.74 Å². The molecule has 0 bridgehead atoms. The van der Waals surface area contributed by atoms with Gasteiger partial charge in [-0.15, -0.1) is 0 Å². The monoisotopic (exact) mass is 267 g/mol. The van der Waals surface area contributed by atoms with Crippen LogP contribution in [0.25, 0.3) is 0 Å². The Hall–Kier alpha value is -0.870. The fourth-order valence-electron chi connectivity index (χ4n) is 2.73. The quantitative estimate of drug-likeness (QED) is 0.855. The lowest BCUT2D eigenvalue weighted by Crippen LogP contribution is -2.21. The van der Waals surface area contributed by atoms with Gasteiger partial charge in [-0.3, -0.25) is 0 Å². The molecular formula is C13H18ClN3O. The van der Waals surface area contributed by atoms with E-state index in [-0.39, 0.29) is 0 Å². The molecule has 1 atom stereocenters. The molecule has 0 saturated carbocycles. The van der Waals surface area contributed by atoms with E-state index in [1.807, 2.05) is 0 Å². The molecule has 0 radical (unpaired) electrons. The number of rotatable bonds is 3. The number of fused-ring (bicyclic) bond motifs is 1. The van der Waals surface area contributed by atoms with Crippen molar-refractivity contribution in [3.8, 4) is 0 Å². The van der Waals surface area contributed by atoms with Crippen LogP contribution in [0.15, 0.2) is 0 Å². The first kappa shape index (κ1) is 12.2. The maximum Gasteiger partial charge on any atom is 0.224 e. The summed E-state index contributed by atoms with van der Waals surface area (Å²) in [5.41, 5.74) is 2.37. The molecule has 0 aromatic carbocycles. The highest BCUT2D eigenvalue weighted by Gasteiger charge is 2.19. The first-order valence-electron chi connectivity index (χ1n) is 6.73. The van der Waals surface area contributed by atoms with Crippen molar-refractivity contribution in [1.82, 2.24) is 9.97 Å². The van der Waals surface area contributed by atoms with Gasteiger partial charge in [0.15, 0.2) is 0 Å². The fraction of sp³-hybridized carbons (Fsp3) is 0.692. The highest BCUT2D eigenvalue weighted by molar-refractivity contribution is 6.28. The second-order valence-electron chi connectivity index (χ2n) is 4.99. The minimum absolute atomic E-state index is 0.318. The van der Waals surface area contributed by atoms with E-state index in [9.17, 15) is 0 Å². The molecule has 18 heavy (non-hydrogen) atoms. The molecule has 1 N–H and O–H groups in total. The van der Waals surface area contributed by atoms with Crippen LogP contribution in [0.4, 0.5) is 5.82 Å². The van der Waals surface area contributed by atoms with Gasteiger partial charge in [-0.25, -0.2) is 9.97 Å². The second kappa shape index (κ2) is 5.41. The minimum Gasteiger partial charge on any atom is -0.376 e. The molecule has 1 aromatic rings. The van der Waals surface area contributed by atoms with Crippen LogP contribution in [-0.2, 0) is 17.6 Å². The zero-order valence-corrected chi connectivity index (χ0v) is 11.2. The number of ether oxygens (including phenoxy) is 1. The molecule has 3 rings (SSSR count). The van der Waals surface area contributed by atoms with E-state index in [2.05, 4.69) is 15.3 Å². The maximum atomic E-state index is 5.98. The van der Waals surface area contributed by atoms with E-state index >= 15 is 0 Å². The van der Waals surface area contributed by atoms with Crippen molar-refractivity contribution in [3.05, 3.63) is 16.5 Å². The van der Waals surface area contributed by atoms with Gasteiger partial charge in [-0.2, -0.15) is 0 Å². The summed E-state index contributed by atoms with van der Waals surface area (Å²) in [6, 6.07) is 0. The lowest BCUT2D eigenvalue weighted by atomic mass is 9.96. The standard InChI is InChI=1S/C13H18ClN3O/c14-13-16-11-6-2-1-5-10(11)12(17-13)15-8-9-4-3-7-18-9/h9H,1-8H2,(H,15,16,17). The third-order valence-electron chi connectivity index (χ3n) is 3.68. The number of nitrogens with one attached hydrogen (secondary N) is 1. The summed E-state index contributed by atoms with van der Waals surface area (Å²) in [5.74, 6) is 0.917. The molecule has 1 saturated heterocycles. The van der Waals surface area contributed by atoms with E-state index in [4.69, 9.17) is 16.3 Å². The van der Waals surface area contributed by atoms with Gasteiger partial charge >= 0.3 is 0 Å². The number of anilines is 1. The molecule has 1 aromatic heterocycles. The number of aryl methyl sites for hydroxylation is 1. The van der Waals surface area contributed by atoms with Gasteiger partial charge in [-0.05, 0) is 50.1 Å². The van der Waals surface area contributed by atoms with Crippen molar-refractivity contribution in [2.45, 2.75) is 44.6 Å². The van der Waals surface area contributed by atoms with Gasteiger partial charge in [0.05, 0.1) is 11.8 Å². The molecule has 0 spiro atoms. The summed E-state index contributed by atoms with van der Waals surface area (Å²) < 4.78 is 5.61. The van der Waals surface area contributed by atoms with Crippen molar-refractivity contribution in [1.29, 1.82) is 0 Å². The molecule has 4 nitrogen and oxygen atoms in total. The Morgan fingerprint density at radius 3 is 2.94 bits per heavy atom. The average Bonchev–Trinajstić information content (AvgIpc) is 2.89. The Kier molecular flexibility index (Phi) is 3.66. The predicted molar refractivity (Wildman–Crippen MR) is 71.1 cm³/mol. The Bertz CT molecular complexity index is 432. The van der Waals surface area contributed by atoms with E-state index in [0.717, 1.165) is 50.3 Å². The van der Waals surface area contributed by atoms with Gasteiger partial charge in [0.25, 0.3) is 0 Å². The molecule has 98 valence electrons. The average molecular weight is 268 g/mol. The number of hydrogen-bond donors (Lipinski definition) is 1. The zero-order valence-electron chi connectivity index (χ0n) is 10.4. The number of nitrogens with zero attached hydrogens (tertiary/aromatic N) is 2. The second-order valence-corrected chi connectivity index (χ2v) is 5.33. The molecule has 5 heteroatoms. The highest BCUT2D eigenvalue weighted by atomic mass is 35.5. The van der Waals surface area contributed by atoms with Crippen LogP contribution in [0, 0.1) is 0 Å². The molecule has 2 aliphatic rings. The number of hydrogen-bond acceptors (Lipinski definition) is 4. The molecule has 1 unspecified atom stereocenters. The highest BCUT2D eigenvalue weighted by Crippen LogP contribution is 2.27. The molecule has 1 fully saturated rings. The Morgan fingerprint density at radius 2 is 2.11 bits per heavy atom. The van der Waals surface area contributed by atoms with Crippen molar-refractivity contribution in [3.63, 3.8) is 0 Å². The fourth-order valence-corrected chi connectivity index (χ4v) is 2.91. The molecule has 1 aliphatic carbocycles. The summed E-state index contributed by atoms with van der Waals surface area (Å²) in [7, 11) is 0. The van der Waals surface area contributed by atoms with Crippen LogP contribution in [-0.4, -0.2) is 29.2 Å². The van der Waals surface area contributed by atoms with Crippen LogP contribution < -0.4 is 5.32 Å². The SMILES string of the molecule is Clc1nc2c(c(NCC3CCCO3)n1)CCCC2. The van der Waals surface area contributed by atoms with E-state index in [0.29, 0.717) is 11.4 Å². The van der Waals surface area contributed by atoms with Gasteiger partial charge in [-0.1, -0.05) is 0 Å². The summed E-state index contributed by atoms with van der Waals surface area (Å²) in [6.07, 6.45) is 7.10. The Labute approximate surface area is 112 Å². The summed E-state index contributed by atoms with van der Waals surface area (Å²) >= 11 is 5.98. The lowest BCUT2D eigenvalue weighted by Gasteiger charge is -2.19. The first-order valence-corrected chi connectivity index (χ1v) is 7.11. The van der Waals surface area contributed by atoms with E-state index in [1.54, 1.807) is 0 Å².